The van der Waals surface area contributed by atoms with Gasteiger partial charge in [-0.3, -0.25) is 4.79 Å². The molecule has 0 heterocycles. The molecule has 0 aliphatic carbocycles. The Bertz CT molecular complexity index is 386. The lowest BCUT2D eigenvalue weighted by atomic mass is 10.0. The van der Waals surface area contributed by atoms with Crippen LogP contribution in [0.5, 0.6) is 0 Å². The Morgan fingerprint density at radius 1 is 0.789 bits per heavy atom. The molecule has 0 radical (unpaired) electrons. The van der Waals surface area contributed by atoms with Gasteiger partial charge < -0.3 is 14.6 Å². The molecule has 0 amide bonds. The second-order valence-corrected chi connectivity index (χ2v) is 5.91. The summed E-state index contributed by atoms with van der Waals surface area (Å²) in [6.45, 7) is 9.34. The molecule has 0 aromatic rings. The summed E-state index contributed by atoms with van der Waals surface area (Å²) in [7, 11) is 0. The number of carbonyl (C=O) groups is 3. The maximum atomic E-state index is 11.9. The lowest BCUT2D eigenvalue weighted by Gasteiger charge is -2.30. The summed E-state index contributed by atoms with van der Waals surface area (Å²) in [5, 5.41) is 9.47. The van der Waals surface area contributed by atoms with Crippen molar-refractivity contribution in [1.82, 2.24) is 0 Å². The van der Waals surface area contributed by atoms with Gasteiger partial charge in [0.05, 0.1) is 0 Å². The van der Waals surface area contributed by atoms with E-state index < -0.39 is 28.7 Å². The monoisotopic (exact) mass is 274 g/mol. The van der Waals surface area contributed by atoms with Crippen LogP contribution in [0, 0.1) is 0 Å². The first-order valence-electron chi connectivity index (χ1n) is 5.90. The van der Waals surface area contributed by atoms with Crippen LogP contribution in [-0.2, 0) is 23.9 Å². The third-order valence-corrected chi connectivity index (χ3v) is 2.53. The maximum absolute atomic E-state index is 11.9. The zero-order chi connectivity index (χ0) is 15.6. The molecule has 0 fully saturated rings. The third kappa shape index (κ3) is 4.98. The van der Waals surface area contributed by atoms with Gasteiger partial charge in [-0.1, -0.05) is 0 Å². The third-order valence-electron chi connectivity index (χ3n) is 2.53. The number of ether oxygens (including phenoxy) is 2. The molecule has 0 unspecified atom stereocenters. The molecule has 0 aliphatic heterocycles. The predicted molar refractivity (Wildman–Crippen MR) is 67.3 cm³/mol. The molecule has 0 aliphatic rings. The second-order valence-electron chi connectivity index (χ2n) is 5.91. The zero-order valence-corrected chi connectivity index (χ0v) is 12.5. The first kappa shape index (κ1) is 17.6. The molecular weight excluding hydrogens is 252 g/mol. The number of Topliss-reactive ketones (excluding diaryl/α,β-unsaturated/α-hetero) is 1. The molecular formula is C13H22O6. The summed E-state index contributed by atoms with van der Waals surface area (Å²) in [4.78, 5) is 34.7. The number of carbonyl (C=O) groups excluding carboxylic acids is 3. The normalized spacial score (nSPS) is 12.8. The molecule has 0 atom stereocenters. The summed E-state index contributed by atoms with van der Waals surface area (Å²) < 4.78 is 9.95. The van der Waals surface area contributed by atoms with Crippen LogP contribution in [0.2, 0.25) is 0 Å². The van der Waals surface area contributed by atoms with Crippen molar-refractivity contribution in [3.63, 3.8) is 0 Å². The van der Waals surface area contributed by atoms with Crippen LogP contribution in [0.1, 0.15) is 48.5 Å². The summed E-state index contributed by atoms with van der Waals surface area (Å²) >= 11 is 0. The zero-order valence-electron chi connectivity index (χ0n) is 12.5. The molecule has 6 heteroatoms. The van der Waals surface area contributed by atoms with Crippen LogP contribution in [0.15, 0.2) is 0 Å². The van der Waals surface area contributed by atoms with E-state index in [-0.39, 0.29) is 5.78 Å². The van der Waals surface area contributed by atoms with Crippen molar-refractivity contribution in [3.05, 3.63) is 0 Å². The maximum Gasteiger partial charge on any atom is 0.350 e. The molecule has 0 spiro atoms. The van der Waals surface area contributed by atoms with Crippen LogP contribution in [0.4, 0.5) is 0 Å². The van der Waals surface area contributed by atoms with E-state index in [9.17, 15) is 19.5 Å². The number of hydrogen-bond donors (Lipinski definition) is 1. The molecule has 0 saturated heterocycles. The minimum atomic E-state index is -1.71. The highest BCUT2D eigenvalue weighted by Crippen LogP contribution is 2.20. The Kier molecular flexibility index (Phi) is 4.89. The van der Waals surface area contributed by atoms with Crippen LogP contribution < -0.4 is 0 Å². The highest BCUT2D eigenvalue weighted by molar-refractivity contribution is 5.90. The van der Waals surface area contributed by atoms with E-state index in [2.05, 4.69) is 0 Å². The van der Waals surface area contributed by atoms with Crippen molar-refractivity contribution in [2.75, 3.05) is 0 Å². The number of esters is 2. The van der Waals surface area contributed by atoms with Gasteiger partial charge in [-0.05, 0) is 48.5 Å². The van der Waals surface area contributed by atoms with Crippen LogP contribution in [0.25, 0.3) is 0 Å². The van der Waals surface area contributed by atoms with Gasteiger partial charge in [0.25, 0.3) is 0 Å². The molecule has 0 rings (SSSR count). The molecule has 0 aromatic heterocycles. The van der Waals surface area contributed by atoms with Gasteiger partial charge in [-0.15, -0.1) is 0 Å². The van der Waals surface area contributed by atoms with E-state index >= 15 is 0 Å². The summed E-state index contributed by atoms with van der Waals surface area (Å²) in [5.74, 6) is -2.13. The van der Waals surface area contributed by atoms with Gasteiger partial charge in [-0.25, -0.2) is 9.59 Å². The average Bonchev–Trinajstić information content (AvgIpc) is 2.14. The molecule has 19 heavy (non-hydrogen) atoms. The Balaban J connectivity index is 4.89. The van der Waals surface area contributed by atoms with Gasteiger partial charge in [0, 0.05) is 0 Å². The van der Waals surface area contributed by atoms with E-state index in [1.807, 2.05) is 0 Å². The quantitative estimate of drug-likeness (QED) is 0.752. The van der Waals surface area contributed by atoms with Crippen LogP contribution >= 0.6 is 0 Å². The summed E-state index contributed by atoms with van der Waals surface area (Å²) in [6.07, 6.45) is 0. The Morgan fingerprint density at radius 2 is 1.16 bits per heavy atom. The Hall–Kier alpha value is -1.43. The minimum absolute atomic E-state index is 0.328. The van der Waals surface area contributed by atoms with E-state index in [4.69, 9.17) is 9.47 Å². The molecule has 110 valence electrons. The highest BCUT2D eigenvalue weighted by Gasteiger charge is 2.41. The lowest BCUT2D eigenvalue weighted by molar-refractivity contribution is -0.195. The number of rotatable bonds is 5. The summed E-state index contributed by atoms with van der Waals surface area (Å²) in [5.41, 5.74) is -4.60. The summed E-state index contributed by atoms with van der Waals surface area (Å²) in [6, 6.07) is 0. The van der Waals surface area contributed by atoms with Crippen LogP contribution in [-0.4, -0.2) is 39.6 Å². The standard InChI is InChI=1S/C13H22O6/c1-8(14)12(4,5)19-10(16)13(6,7)18-9(15)11(2,3)17/h17H,1-7H3. The van der Waals surface area contributed by atoms with Crippen molar-refractivity contribution in [2.45, 2.75) is 65.3 Å². The number of aliphatic hydroxyl groups is 1. The second kappa shape index (κ2) is 5.28. The smallest absolute Gasteiger partial charge is 0.350 e. The van der Waals surface area contributed by atoms with Crippen molar-refractivity contribution in [3.8, 4) is 0 Å². The SMILES string of the molecule is CC(=O)C(C)(C)OC(=O)C(C)(C)OC(=O)C(C)(C)O. The van der Waals surface area contributed by atoms with E-state index in [0.29, 0.717) is 0 Å². The van der Waals surface area contributed by atoms with Gasteiger partial charge >= 0.3 is 11.9 Å². The number of ketones is 1. The van der Waals surface area contributed by atoms with E-state index in [1.165, 1.54) is 48.5 Å². The van der Waals surface area contributed by atoms with Gasteiger partial charge in [-0.2, -0.15) is 0 Å². The fraction of sp³-hybridized carbons (Fsp3) is 0.769. The molecule has 6 nitrogen and oxygen atoms in total. The van der Waals surface area contributed by atoms with E-state index in [1.54, 1.807) is 0 Å². The highest BCUT2D eigenvalue weighted by atomic mass is 16.6. The predicted octanol–water partition coefficient (Wildman–Crippen LogP) is 0.990. The lowest BCUT2D eigenvalue weighted by Crippen LogP contribution is -2.48. The first-order chi connectivity index (χ1) is 8.20. The van der Waals surface area contributed by atoms with Gasteiger partial charge in [0.1, 0.15) is 0 Å². The van der Waals surface area contributed by atoms with Crippen molar-refractivity contribution >= 4 is 17.7 Å². The first-order valence-corrected chi connectivity index (χ1v) is 5.90. The number of hydrogen-bond acceptors (Lipinski definition) is 6. The molecule has 0 saturated carbocycles. The van der Waals surface area contributed by atoms with Crippen molar-refractivity contribution in [1.29, 1.82) is 0 Å². The van der Waals surface area contributed by atoms with Gasteiger partial charge in [0.2, 0.25) is 5.60 Å². The molecule has 0 aromatic carbocycles. The fourth-order valence-corrected chi connectivity index (χ4v) is 0.825. The molecule has 1 N–H and O–H groups in total. The average molecular weight is 274 g/mol. The Labute approximate surface area is 113 Å². The fourth-order valence-electron chi connectivity index (χ4n) is 0.825. The topological polar surface area (TPSA) is 89.9 Å². The largest absolute Gasteiger partial charge is 0.449 e. The van der Waals surface area contributed by atoms with Gasteiger partial charge in [0.15, 0.2) is 17.0 Å². The van der Waals surface area contributed by atoms with Crippen LogP contribution in [0.3, 0.4) is 0 Å². The van der Waals surface area contributed by atoms with Crippen molar-refractivity contribution in [2.24, 2.45) is 0 Å². The van der Waals surface area contributed by atoms with E-state index in [0.717, 1.165) is 0 Å². The minimum Gasteiger partial charge on any atom is -0.449 e. The van der Waals surface area contributed by atoms with Crippen molar-refractivity contribution < 1.29 is 29.0 Å². The molecule has 0 bridgehead atoms. The Morgan fingerprint density at radius 3 is 1.47 bits per heavy atom.